The Hall–Kier alpha value is -1.06. The largest absolute Gasteiger partial charge is 0.466 e. The maximum atomic E-state index is 11.7. The van der Waals surface area contributed by atoms with Gasteiger partial charge in [-0.3, -0.25) is 9.59 Å². The molecule has 0 radical (unpaired) electrons. The number of ether oxygens (including phenoxy) is 1. The number of nitrogens with zero attached hydrogens (tertiary/aromatic N) is 1. The van der Waals surface area contributed by atoms with Crippen LogP contribution in [-0.2, 0) is 14.3 Å². The van der Waals surface area contributed by atoms with Crippen LogP contribution in [0.3, 0.4) is 0 Å². The molecule has 0 aromatic heterocycles. The van der Waals surface area contributed by atoms with Gasteiger partial charge in [0.05, 0.1) is 13.0 Å². The first-order valence-electron chi connectivity index (χ1n) is 6.09. The Bertz CT molecular complexity index is 216. The number of carbonyl (C=O) groups excluding carboxylic acids is 2. The number of amides is 1. The zero-order valence-corrected chi connectivity index (χ0v) is 10.6. The van der Waals surface area contributed by atoms with Gasteiger partial charge in [0.25, 0.3) is 0 Å². The van der Waals surface area contributed by atoms with Crippen molar-refractivity contribution >= 4 is 11.9 Å². The maximum absolute atomic E-state index is 11.7. The minimum atomic E-state index is -0.229. The predicted octanol–water partition coefficient (Wildman–Crippen LogP) is 1.98. The highest BCUT2D eigenvalue weighted by Crippen LogP contribution is 2.01. The molecule has 0 atom stereocenters. The van der Waals surface area contributed by atoms with E-state index in [1.807, 2.05) is 13.8 Å². The van der Waals surface area contributed by atoms with Gasteiger partial charge >= 0.3 is 5.97 Å². The molecule has 0 unspecified atom stereocenters. The van der Waals surface area contributed by atoms with E-state index in [9.17, 15) is 9.59 Å². The molecule has 0 bridgehead atoms. The van der Waals surface area contributed by atoms with E-state index in [1.165, 1.54) is 0 Å². The molecule has 0 aliphatic carbocycles. The number of rotatable bonds is 8. The van der Waals surface area contributed by atoms with Gasteiger partial charge in [0, 0.05) is 19.5 Å². The molecule has 4 heteroatoms. The lowest BCUT2D eigenvalue weighted by Crippen LogP contribution is -2.33. The van der Waals surface area contributed by atoms with Crippen molar-refractivity contribution in [2.75, 3.05) is 19.7 Å². The van der Waals surface area contributed by atoms with Gasteiger partial charge in [-0.25, -0.2) is 0 Å². The Morgan fingerprint density at radius 3 is 2.19 bits per heavy atom. The molecule has 0 heterocycles. The standard InChI is InChI=1S/C12H23NO3/c1-4-7-11(14)13(9-5-2)10-8-12(15)16-6-3/h4-10H2,1-3H3. The van der Waals surface area contributed by atoms with Crippen molar-refractivity contribution in [1.82, 2.24) is 4.90 Å². The minimum Gasteiger partial charge on any atom is -0.466 e. The Kier molecular flexibility index (Phi) is 8.58. The third-order valence-electron chi connectivity index (χ3n) is 2.20. The Morgan fingerprint density at radius 2 is 1.69 bits per heavy atom. The first-order valence-corrected chi connectivity index (χ1v) is 6.09. The quantitative estimate of drug-likeness (QED) is 0.598. The van der Waals surface area contributed by atoms with E-state index in [4.69, 9.17) is 4.74 Å². The van der Waals surface area contributed by atoms with Gasteiger partial charge in [-0.2, -0.15) is 0 Å². The van der Waals surface area contributed by atoms with Gasteiger partial charge in [0.2, 0.25) is 5.91 Å². The van der Waals surface area contributed by atoms with Crippen LogP contribution in [0.25, 0.3) is 0 Å². The molecule has 0 N–H and O–H groups in total. The van der Waals surface area contributed by atoms with Gasteiger partial charge in [0.1, 0.15) is 0 Å². The number of esters is 1. The summed E-state index contributed by atoms with van der Waals surface area (Å²) in [5, 5.41) is 0. The number of carbonyl (C=O) groups is 2. The van der Waals surface area contributed by atoms with Crippen LogP contribution < -0.4 is 0 Å². The second kappa shape index (κ2) is 9.19. The van der Waals surface area contributed by atoms with Crippen LogP contribution in [0.15, 0.2) is 0 Å². The topological polar surface area (TPSA) is 46.6 Å². The SMILES string of the molecule is CCCC(=O)N(CCC)CCC(=O)OCC. The van der Waals surface area contributed by atoms with E-state index >= 15 is 0 Å². The van der Waals surface area contributed by atoms with Crippen molar-refractivity contribution in [3.63, 3.8) is 0 Å². The van der Waals surface area contributed by atoms with Crippen molar-refractivity contribution in [2.24, 2.45) is 0 Å². The van der Waals surface area contributed by atoms with Crippen molar-refractivity contribution < 1.29 is 14.3 Å². The summed E-state index contributed by atoms with van der Waals surface area (Å²) in [5.74, 6) is -0.0958. The Labute approximate surface area is 98.0 Å². The fourth-order valence-corrected chi connectivity index (χ4v) is 1.46. The lowest BCUT2D eigenvalue weighted by atomic mass is 10.2. The van der Waals surface area contributed by atoms with Gasteiger partial charge in [-0.05, 0) is 19.8 Å². The Balaban J connectivity index is 4.02. The molecule has 0 fully saturated rings. The molecule has 94 valence electrons. The average Bonchev–Trinajstić information content (AvgIpc) is 2.24. The predicted molar refractivity (Wildman–Crippen MR) is 63.0 cm³/mol. The highest BCUT2D eigenvalue weighted by molar-refractivity contribution is 5.77. The van der Waals surface area contributed by atoms with Crippen LogP contribution in [0.1, 0.15) is 46.5 Å². The lowest BCUT2D eigenvalue weighted by molar-refractivity contribution is -0.144. The molecule has 0 spiro atoms. The van der Waals surface area contributed by atoms with Crippen LogP contribution in [-0.4, -0.2) is 36.5 Å². The van der Waals surface area contributed by atoms with Gasteiger partial charge in [-0.1, -0.05) is 13.8 Å². The van der Waals surface area contributed by atoms with Crippen LogP contribution in [0.2, 0.25) is 0 Å². The molecule has 1 amide bonds. The van der Waals surface area contributed by atoms with Gasteiger partial charge < -0.3 is 9.64 Å². The van der Waals surface area contributed by atoms with Gasteiger partial charge in [-0.15, -0.1) is 0 Å². The summed E-state index contributed by atoms with van der Waals surface area (Å²) in [6.45, 7) is 7.38. The Morgan fingerprint density at radius 1 is 1.00 bits per heavy atom. The van der Waals surface area contributed by atoms with Crippen LogP contribution >= 0.6 is 0 Å². The van der Waals surface area contributed by atoms with Crippen LogP contribution in [0.5, 0.6) is 0 Å². The molecule has 0 saturated carbocycles. The van der Waals surface area contributed by atoms with Crippen LogP contribution in [0, 0.1) is 0 Å². The minimum absolute atomic E-state index is 0.133. The summed E-state index contributed by atoms with van der Waals surface area (Å²) in [5.41, 5.74) is 0. The van der Waals surface area contributed by atoms with Crippen molar-refractivity contribution in [3.8, 4) is 0 Å². The first kappa shape index (κ1) is 14.9. The molecular weight excluding hydrogens is 206 g/mol. The summed E-state index contributed by atoms with van der Waals surface area (Å²) in [6.07, 6.45) is 2.61. The highest BCUT2D eigenvalue weighted by atomic mass is 16.5. The summed E-state index contributed by atoms with van der Waals surface area (Å²) in [4.78, 5) is 24.6. The fourth-order valence-electron chi connectivity index (χ4n) is 1.46. The summed E-state index contributed by atoms with van der Waals surface area (Å²) in [7, 11) is 0. The van der Waals surface area contributed by atoms with Crippen molar-refractivity contribution in [1.29, 1.82) is 0 Å². The molecule has 4 nitrogen and oxygen atoms in total. The molecule has 0 aliphatic heterocycles. The molecule has 0 rings (SSSR count). The third-order valence-corrected chi connectivity index (χ3v) is 2.20. The first-order chi connectivity index (χ1) is 7.65. The van der Waals surface area contributed by atoms with E-state index in [0.717, 1.165) is 19.4 Å². The molecule has 0 saturated heterocycles. The second-order valence-electron chi connectivity index (χ2n) is 3.69. The van der Waals surface area contributed by atoms with Crippen LogP contribution in [0.4, 0.5) is 0 Å². The highest BCUT2D eigenvalue weighted by Gasteiger charge is 2.13. The molecule has 0 aliphatic rings. The van der Waals surface area contributed by atoms with Gasteiger partial charge in [0.15, 0.2) is 0 Å². The zero-order chi connectivity index (χ0) is 12.4. The normalized spacial score (nSPS) is 9.94. The van der Waals surface area contributed by atoms with Crippen molar-refractivity contribution in [3.05, 3.63) is 0 Å². The van der Waals surface area contributed by atoms with E-state index < -0.39 is 0 Å². The molecule has 0 aromatic carbocycles. The zero-order valence-electron chi connectivity index (χ0n) is 10.6. The fraction of sp³-hybridized carbons (Fsp3) is 0.833. The average molecular weight is 229 g/mol. The van der Waals surface area contributed by atoms with Crippen molar-refractivity contribution in [2.45, 2.75) is 46.5 Å². The summed E-state index contributed by atoms with van der Waals surface area (Å²) in [6, 6.07) is 0. The third kappa shape index (κ3) is 6.43. The summed E-state index contributed by atoms with van der Waals surface area (Å²) < 4.78 is 4.83. The monoisotopic (exact) mass is 229 g/mol. The summed E-state index contributed by atoms with van der Waals surface area (Å²) >= 11 is 0. The van der Waals surface area contributed by atoms with E-state index in [0.29, 0.717) is 26.0 Å². The number of hydrogen-bond acceptors (Lipinski definition) is 3. The molecular formula is C12H23NO3. The number of hydrogen-bond donors (Lipinski definition) is 0. The van der Waals surface area contributed by atoms with E-state index in [2.05, 4.69) is 0 Å². The lowest BCUT2D eigenvalue weighted by Gasteiger charge is -2.21. The molecule has 16 heavy (non-hydrogen) atoms. The van der Waals surface area contributed by atoms with E-state index in [-0.39, 0.29) is 11.9 Å². The smallest absolute Gasteiger partial charge is 0.307 e. The second-order valence-corrected chi connectivity index (χ2v) is 3.69. The molecule has 0 aromatic rings. The maximum Gasteiger partial charge on any atom is 0.307 e. The van der Waals surface area contributed by atoms with E-state index in [1.54, 1.807) is 11.8 Å².